The summed E-state index contributed by atoms with van der Waals surface area (Å²) in [5.74, 6) is -0.848. The minimum atomic E-state index is -0.560. The third-order valence-electron chi connectivity index (χ3n) is 2.50. The van der Waals surface area contributed by atoms with Gasteiger partial charge in [-0.25, -0.2) is 9.18 Å². The maximum atomic E-state index is 12.8. The van der Waals surface area contributed by atoms with Crippen molar-refractivity contribution < 1.29 is 13.9 Å². The SMILES string of the molecule is COC(=O)c1nnccc1NCc1ccc(F)cc1. The van der Waals surface area contributed by atoms with Crippen LogP contribution in [0.1, 0.15) is 16.1 Å². The minimum absolute atomic E-state index is 0.118. The summed E-state index contributed by atoms with van der Waals surface area (Å²) < 4.78 is 17.4. The van der Waals surface area contributed by atoms with E-state index in [9.17, 15) is 9.18 Å². The number of hydrogen-bond acceptors (Lipinski definition) is 5. The summed E-state index contributed by atoms with van der Waals surface area (Å²) in [5.41, 5.74) is 1.52. The van der Waals surface area contributed by atoms with Gasteiger partial charge in [0.25, 0.3) is 0 Å². The van der Waals surface area contributed by atoms with Gasteiger partial charge in [-0.15, -0.1) is 5.10 Å². The summed E-state index contributed by atoms with van der Waals surface area (Å²) in [6.45, 7) is 0.440. The number of benzene rings is 1. The predicted octanol–water partition coefficient (Wildman–Crippen LogP) is 2.01. The molecule has 0 fully saturated rings. The Balaban J connectivity index is 2.11. The van der Waals surface area contributed by atoms with Gasteiger partial charge in [-0.3, -0.25) is 0 Å². The van der Waals surface area contributed by atoms with Crippen molar-refractivity contribution in [3.63, 3.8) is 0 Å². The first kappa shape index (κ1) is 12.9. The van der Waals surface area contributed by atoms with E-state index >= 15 is 0 Å². The number of hydrogen-bond donors (Lipinski definition) is 1. The normalized spacial score (nSPS) is 10.0. The average Bonchev–Trinajstić information content (AvgIpc) is 2.46. The lowest BCUT2D eigenvalue weighted by atomic mass is 10.2. The fourth-order valence-corrected chi connectivity index (χ4v) is 1.52. The highest BCUT2D eigenvalue weighted by molar-refractivity contribution is 5.93. The molecule has 1 aromatic heterocycles. The first-order valence-electron chi connectivity index (χ1n) is 5.59. The zero-order chi connectivity index (χ0) is 13.7. The lowest BCUT2D eigenvalue weighted by molar-refractivity contribution is 0.0594. The van der Waals surface area contributed by atoms with E-state index in [4.69, 9.17) is 0 Å². The van der Waals surface area contributed by atoms with Crippen LogP contribution < -0.4 is 5.32 Å². The van der Waals surface area contributed by atoms with E-state index in [1.807, 2.05) is 0 Å². The van der Waals surface area contributed by atoms with Gasteiger partial charge in [-0.2, -0.15) is 5.10 Å². The predicted molar refractivity (Wildman–Crippen MR) is 67.1 cm³/mol. The topological polar surface area (TPSA) is 64.1 Å². The summed E-state index contributed by atoms with van der Waals surface area (Å²) in [6, 6.07) is 7.71. The smallest absolute Gasteiger partial charge is 0.360 e. The molecule has 0 spiro atoms. The molecule has 1 heterocycles. The maximum absolute atomic E-state index is 12.8. The molecule has 6 heteroatoms. The summed E-state index contributed by atoms with van der Waals surface area (Å²) in [6.07, 6.45) is 1.47. The quantitative estimate of drug-likeness (QED) is 0.853. The van der Waals surface area contributed by atoms with Gasteiger partial charge in [0.1, 0.15) is 5.82 Å². The Morgan fingerprint density at radius 1 is 1.32 bits per heavy atom. The van der Waals surface area contributed by atoms with Crippen LogP contribution in [-0.2, 0) is 11.3 Å². The second kappa shape index (κ2) is 5.90. The number of esters is 1. The molecule has 0 bridgehead atoms. The van der Waals surface area contributed by atoms with Gasteiger partial charge in [0.15, 0.2) is 5.69 Å². The molecule has 0 unspecified atom stereocenters. The molecular weight excluding hydrogens is 249 g/mol. The average molecular weight is 261 g/mol. The van der Waals surface area contributed by atoms with Crippen molar-refractivity contribution in [2.75, 3.05) is 12.4 Å². The van der Waals surface area contributed by atoms with Crippen LogP contribution in [0.3, 0.4) is 0 Å². The number of rotatable bonds is 4. The molecule has 0 aliphatic carbocycles. The number of methoxy groups -OCH3 is 1. The summed E-state index contributed by atoms with van der Waals surface area (Å²) in [5, 5.41) is 10.4. The molecule has 98 valence electrons. The molecule has 0 aliphatic heterocycles. The maximum Gasteiger partial charge on any atom is 0.360 e. The van der Waals surface area contributed by atoms with Gasteiger partial charge >= 0.3 is 5.97 Å². The second-order valence-electron chi connectivity index (χ2n) is 3.77. The molecule has 2 rings (SSSR count). The molecule has 0 amide bonds. The Morgan fingerprint density at radius 2 is 2.05 bits per heavy atom. The Bertz CT molecular complexity index is 572. The van der Waals surface area contributed by atoms with Crippen LogP contribution in [0.15, 0.2) is 36.5 Å². The molecule has 0 atom stereocenters. The first-order valence-corrected chi connectivity index (χ1v) is 5.59. The van der Waals surface area contributed by atoms with Gasteiger partial charge in [-0.1, -0.05) is 12.1 Å². The van der Waals surface area contributed by atoms with Crippen molar-refractivity contribution in [3.8, 4) is 0 Å². The summed E-state index contributed by atoms with van der Waals surface area (Å²) in [4.78, 5) is 11.5. The molecule has 19 heavy (non-hydrogen) atoms. The standard InChI is InChI=1S/C13H12FN3O2/c1-19-13(18)12-11(6-7-16-17-12)15-8-9-2-4-10(14)5-3-9/h2-7H,8H2,1H3,(H,15,16). The minimum Gasteiger partial charge on any atom is -0.464 e. The molecule has 2 aromatic rings. The van der Waals surface area contributed by atoms with Crippen molar-refractivity contribution in [2.24, 2.45) is 0 Å². The highest BCUT2D eigenvalue weighted by atomic mass is 19.1. The van der Waals surface area contributed by atoms with Crippen molar-refractivity contribution in [1.82, 2.24) is 10.2 Å². The van der Waals surface area contributed by atoms with Crippen LogP contribution in [0.4, 0.5) is 10.1 Å². The van der Waals surface area contributed by atoms with Gasteiger partial charge in [0, 0.05) is 6.54 Å². The van der Waals surface area contributed by atoms with E-state index in [1.54, 1.807) is 18.2 Å². The summed E-state index contributed by atoms with van der Waals surface area (Å²) in [7, 11) is 1.28. The van der Waals surface area contributed by atoms with Gasteiger partial charge in [-0.05, 0) is 23.8 Å². The fourth-order valence-electron chi connectivity index (χ4n) is 1.52. The third kappa shape index (κ3) is 3.25. The van der Waals surface area contributed by atoms with Crippen molar-refractivity contribution in [1.29, 1.82) is 0 Å². The van der Waals surface area contributed by atoms with Crippen LogP contribution in [0.25, 0.3) is 0 Å². The van der Waals surface area contributed by atoms with Crippen molar-refractivity contribution >= 4 is 11.7 Å². The van der Waals surface area contributed by atoms with E-state index in [1.165, 1.54) is 25.4 Å². The largest absolute Gasteiger partial charge is 0.464 e. The Hall–Kier alpha value is -2.50. The number of aromatic nitrogens is 2. The third-order valence-corrected chi connectivity index (χ3v) is 2.50. The zero-order valence-corrected chi connectivity index (χ0v) is 10.3. The van der Waals surface area contributed by atoms with E-state index in [2.05, 4.69) is 20.3 Å². The number of nitrogens with zero attached hydrogens (tertiary/aromatic N) is 2. The summed E-state index contributed by atoms with van der Waals surface area (Å²) >= 11 is 0. The van der Waals surface area contributed by atoms with Crippen LogP contribution in [0.2, 0.25) is 0 Å². The molecule has 1 aromatic carbocycles. The first-order chi connectivity index (χ1) is 9.20. The molecule has 0 saturated carbocycles. The molecule has 0 aliphatic rings. The number of carbonyl (C=O) groups is 1. The highest BCUT2D eigenvalue weighted by Crippen LogP contribution is 2.14. The Kier molecular flexibility index (Phi) is 4.02. The number of carbonyl (C=O) groups excluding carboxylic acids is 1. The van der Waals surface area contributed by atoms with Gasteiger partial charge in [0.2, 0.25) is 0 Å². The van der Waals surface area contributed by atoms with Gasteiger partial charge < -0.3 is 10.1 Å². The second-order valence-corrected chi connectivity index (χ2v) is 3.77. The van der Waals surface area contributed by atoms with E-state index in [0.29, 0.717) is 12.2 Å². The number of nitrogens with one attached hydrogen (secondary N) is 1. The Morgan fingerprint density at radius 3 is 2.74 bits per heavy atom. The van der Waals surface area contributed by atoms with Crippen molar-refractivity contribution in [2.45, 2.75) is 6.54 Å². The fraction of sp³-hybridized carbons (Fsp3) is 0.154. The highest BCUT2D eigenvalue weighted by Gasteiger charge is 2.13. The van der Waals surface area contributed by atoms with E-state index in [0.717, 1.165) is 5.56 Å². The zero-order valence-electron chi connectivity index (χ0n) is 10.3. The lowest BCUT2D eigenvalue weighted by Crippen LogP contribution is -2.11. The van der Waals surface area contributed by atoms with Crippen molar-refractivity contribution in [3.05, 3.63) is 53.6 Å². The number of halogens is 1. The van der Waals surface area contributed by atoms with Crippen LogP contribution in [-0.4, -0.2) is 23.3 Å². The molecular formula is C13H12FN3O2. The Labute approximate surface area is 109 Å². The van der Waals surface area contributed by atoms with Crippen LogP contribution >= 0.6 is 0 Å². The van der Waals surface area contributed by atoms with Gasteiger partial charge in [0.05, 0.1) is 19.0 Å². The lowest BCUT2D eigenvalue weighted by Gasteiger charge is -2.09. The molecule has 0 saturated heterocycles. The monoisotopic (exact) mass is 261 g/mol. The molecule has 5 nitrogen and oxygen atoms in total. The van der Waals surface area contributed by atoms with E-state index in [-0.39, 0.29) is 11.5 Å². The van der Waals surface area contributed by atoms with Crippen LogP contribution in [0, 0.1) is 5.82 Å². The number of anilines is 1. The van der Waals surface area contributed by atoms with Crippen LogP contribution in [0.5, 0.6) is 0 Å². The number of ether oxygens (including phenoxy) is 1. The van der Waals surface area contributed by atoms with E-state index < -0.39 is 5.97 Å². The molecule has 1 N–H and O–H groups in total. The molecule has 0 radical (unpaired) electrons.